The van der Waals surface area contributed by atoms with Gasteiger partial charge in [-0.05, 0) is 12.8 Å². The fraction of sp³-hybridized carbons (Fsp3) is 0.556. The van der Waals surface area contributed by atoms with Crippen LogP contribution in [0.1, 0.15) is 19.3 Å². The molecule has 4 heteroatoms. The number of nitrogens with one attached hydrogen (secondary N) is 1. The average Bonchev–Trinajstić information content (AvgIpc) is 2.76. The highest BCUT2D eigenvalue weighted by molar-refractivity contribution is 7.99. The molecule has 2 unspecified atom stereocenters. The molecule has 1 aromatic rings. The van der Waals surface area contributed by atoms with Crippen LogP contribution < -0.4 is 0 Å². The number of rotatable bonds is 2. The third kappa shape index (κ3) is 1.86. The highest BCUT2D eigenvalue weighted by Crippen LogP contribution is 2.37. The molecule has 0 spiro atoms. The SMILES string of the molecule is N#CC1CCCC1Sc1ncc[nH]1. The molecule has 1 aromatic heterocycles. The summed E-state index contributed by atoms with van der Waals surface area (Å²) in [5, 5.41) is 10.2. The van der Waals surface area contributed by atoms with E-state index in [0.717, 1.165) is 18.0 Å². The number of nitriles is 1. The second-order valence-electron chi connectivity index (χ2n) is 3.22. The molecule has 0 aliphatic heterocycles. The summed E-state index contributed by atoms with van der Waals surface area (Å²) in [6.45, 7) is 0. The molecule has 2 atom stereocenters. The normalized spacial score (nSPS) is 27.3. The van der Waals surface area contributed by atoms with Crippen molar-refractivity contribution in [1.82, 2.24) is 9.97 Å². The van der Waals surface area contributed by atoms with Gasteiger partial charge in [0, 0.05) is 17.6 Å². The van der Waals surface area contributed by atoms with Crippen LogP contribution in [0.3, 0.4) is 0 Å². The highest BCUT2D eigenvalue weighted by Gasteiger charge is 2.28. The predicted octanol–water partition coefficient (Wildman–Crippen LogP) is 2.19. The van der Waals surface area contributed by atoms with Gasteiger partial charge in [0.05, 0.1) is 12.0 Å². The van der Waals surface area contributed by atoms with Gasteiger partial charge in [0.2, 0.25) is 0 Å². The van der Waals surface area contributed by atoms with Gasteiger partial charge >= 0.3 is 0 Å². The van der Waals surface area contributed by atoms with Gasteiger partial charge in [-0.25, -0.2) is 4.98 Å². The Morgan fingerprint density at radius 2 is 2.54 bits per heavy atom. The first-order valence-corrected chi connectivity index (χ1v) is 5.34. The van der Waals surface area contributed by atoms with Crippen molar-refractivity contribution in [3.63, 3.8) is 0 Å². The van der Waals surface area contributed by atoms with Crippen LogP contribution in [0, 0.1) is 17.2 Å². The van der Waals surface area contributed by atoms with Crippen LogP contribution >= 0.6 is 11.8 Å². The largest absolute Gasteiger partial charge is 0.340 e. The van der Waals surface area contributed by atoms with E-state index in [2.05, 4.69) is 16.0 Å². The molecule has 1 fully saturated rings. The molecule has 1 aliphatic rings. The first-order chi connectivity index (χ1) is 6.40. The molecule has 3 nitrogen and oxygen atoms in total. The van der Waals surface area contributed by atoms with Crippen molar-refractivity contribution in [3.8, 4) is 6.07 Å². The molecule has 0 saturated heterocycles. The Morgan fingerprint density at radius 1 is 1.62 bits per heavy atom. The Balaban J connectivity index is 1.99. The van der Waals surface area contributed by atoms with Gasteiger partial charge in [-0.15, -0.1) is 0 Å². The standard InChI is InChI=1S/C9H11N3S/c10-6-7-2-1-3-8(7)13-9-11-4-5-12-9/h4-5,7-8H,1-3H2,(H,11,12). The van der Waals surface area contributed by atoms with Gasteiger partial charge in [0.25, 0.3) is 0 Å². The quantitative estimate of drug-likeness (QED) is 0.783. The molecular formula is C9H11N3S. The summed E-state index contributed by atoms with van der Waals surface area (Å²) in [6.07, 6.45) is 6.94. The minimum absolute atomic E-state index is 0.218. The number of aromatic nitrogens is 2. The van der Waals surface area contributed by atoms with Crippen molar-refractivity contribution < 1.29 is 0 Å². The maximum atomic E-state index is 8.87. The van der Waals surface area contributed by atoms with Gasteiger partial charge in [0.1, 0.15) is 0 Å². The zero-order valence-electron chi connectivity index (χ0n) is 7.23. The molecule has 1 aliphatic carbocycles. The van der Waals surface area contributed by atoms with Crippen molar-refractivity contribution in [2.75, 3.05) is 0 Å². The maximum Gasteiger partial charge on any atom is 0.165 e. The number of thioether (sulfide) groups is 1. The lowest BCUT2D eigenvalue weighted by atomic mass is 10.1. The average molecular weight is 193 g/mol. The minimum Gasteiger partial charge on any atom is -0.340 e. The number of nitrogens with zero attached hydrogens (tertiary/aromatic N) is 2. The van der Waals surface area contributed by atoms with E-state index in [4.69, 9.17) is 5.26 Å². The maximum absolute atomic E-state index is 8.87. The minimum atomic E-state index is 0.218. The molecule has 0 aromatic carbocycles. The fourth-order valence-electron chi connectivity index (χ4n) is 1.67. The Hall–Kier alpha value is -0.950. The van der Waals surface area contributed by atoms with E-state index in [0.29, 0.717) is 5.25 Å². The second kappa shape index (κ2) is 3.84. The summed E-state index contributed by atoms with van der Waals surface area (Å²) in [4.78, 5) is 7.20. The van der Waals surface area contributed by atoms with Crippen molar-refractivity contribution in [3.05, 3.63) is 12.4 Å². The van der Waals surface area contributed by atoms with Gasteiger partial charge in [-0.1, -0.05) is 18.2 Å². The molecule has 0 bridgehead atoms. The Labute approximate surface area is 81.6 Å². The molecule has 1 saturated carbocycles. The van der Waals surface area contributed by atoms with Crippen LogP contribution in [0.5, 0.6) is 0 Å². The topological polar surface area (TPSA) is 52.5 Å². The summed E-state index contributed by atoms with van der Waals surface area (Å²) < 4.78 is 0. The smallest absolute Gasteiger partial charge is 0.165 e. The Kier molecular flexibility index (Phi) is 2.55. The van der Waals surface area contributed by atoms with Crippen molar-refractivity contribution in [1.29, 1.82) is 5.26 Å². The van der Waals surface area contributed by atoms with Crippen LogP contribution in [0.4, 0.5) is 0 Å². The Bertz CT molecular complexity index is 301. The summed E-state index contributed by atoms with van der Waals surface area (Å²) in [5.74, 6) is 0.218. The molecule has 68 valence electrons. The van der Waals surface area contributed by atoms with Crippen LogP contribution in [0.25, 0.3) is 0 Å². The number of H-pyrrole nitrogens is 1. The van der Waals surface area contributed by atoms with E-state index in [-0.39, 0.29) is 5.92 Å². The van der Waals surface area contributed by atoms with Crippen molar-refractivity contribution in [2.24, 2.45) is 5.92 Å². The van der Waals surface area contributed by atoms with Crippen molar-refractivity contribution in [2.45, 2.75) is 29.7 Å². The van der Waals surface area contributed by atoms with E-state index in [1.807, 2.05) is 6.20 Å². The van der Waals surface area contributed by atoms with E-state index < -0.39 is 0 Å². The van der Waals surface area contributed by atoms with Gasteiger partial charge < -0.3 is 4.98 Å². The van der Waals surface area contributed by atoms with Gasteiger partial charge in [-0.2, -0.15) is 5.26 Å². The number of hydrogen-bond acceptors (Lipinski definition) is 3. The Morgan fingerprint density at radius 3 is 3.23 bits per heavy atom. The van der Waals surface area contributed by atoms with E-state index in [1.54, 1.807) is 18.0 Å². The van der Waals surface area contributed by atoms with Crippen LogP contribution in [-0.2, 0) is 0 Å². The number of hydrogen-bond donors (Lipinski definition) is 1. The summed E-state index contributed by atoms with van der Waals surface area (Å²) in [6, 6.07) is 2.36. The summed E-state index contributed by atoms with van der Waals surface area (Å²) in [5.41, 5.74) is 0. The van der Waals surface area contributed by atoms with E-state index >= 15 is 0 Å². The third-order valence-corrected chi connectivity index (χ3v) is 3.67. The number of aromatic amines is 1. The predicted molar refractivity (Wildman–Crippen MR) is 51.2 cm³/mol. The van der Waals surface area contributed by atoms with Gasteiger partial charge in [0.15, 0.2) is 5.16 Å². The van der Waals surface area contributed by atoms with Crippen molar-refractivity contribution >= 4 is 11.8 Å². The highest BCUT2D eigenvalue weighted by atomic mass is 32.2. The third-order valence-electron chi connectivity index (χ3n) is 2.35. The lowest BCUT2D eigenvalue weighted by molar-refractivity contribution is 0.713. The zero-order chi connectivity index (χ0) is 9.10. The molecule has 13 heavy (non-hydrogen) atoms. The fourth-order valence-corrected chi connectivity index (χ4v) is 2.86. The van der Waals surface area contributed by atoms with Gasteiger partial charge in [-0.3, -0.25) is 0 Å². The zero-order valence-corrected chi connectivity index (χ0v) is 8.05. The summed E-state index contributed by atoms with van der Waals surface area (Å²) >= 11 is 1.70. The van der Waals surface area contributed by atoms with Crippen LogP contribution in [-0.4, -0.2) is 15.2 Å². The van der Waals surface area contributed by atoms with E-state index in [9.17, 15) is 0 Å². The summed E-state index contributed by atoms with van der Waals surface area (Å²) in [7, 11) is 0. The monoisotopic (exact) mass is 193 g/mol. The molecule has 2 rings (SSSR count). The lowest BCUT2D eigenvalue weighted by Crippen LogP contribution is -2.07. The first kappa shape index (κ1) is 8.64. The number of imidazole rings is 1. The molecule has 0 radical (unpaired) electrons. The molecule has 1 N–H and O–H groups in total. The van der Waals surface area contributed by atoms with Crippen LogP contribution in [0.15, 0.2) is 17.6 Å². The molecule has 0 amide bonds. The first-order valence-electron chi connectivity index (χ1n) is 4.46. The lowest BCUT2D eigenvalue weighted by Gasteiger charge is -2.09. The molecule has 1 heterocycles. The molecular weight excluding hydrogens is 182 g/mol. The van der Waals surface area contributed by atoms with Crippen LogP contribution in [0.2, 0.25) is 0 Å². The second-order valence-corrected chi connectivity index (χ2v) is 4.45. The van der Waals surface area contributed by atoms with E-state index in [1.165, 1.54) is 6.42 Å².